The summed E-state index contributed by atoms with van der Waals surface area (Å²) in [5.74, 6) is 0.386. The van der Waals surface area contributed by atoms with Crippen molar-refractivity contribution < 1.29 is 4.79 Å². The van der Waals surface area contributed by atoms with E-state index in [1.807, 2.05) is 22.8 Å². The van der Waals surface area contributed by atoms with Crippen LogP contribution in [0.5, 0.6) is 0 Å². The Balaban J connectivity index is 1.78. The number of aromatic nitrogens is 2. The van der Waals surface area contributed by atoms with Gasteiger partial charge in [-0.15, -0.1) is 0 Å². The second-order valence-electron chi connectivity index (χ2n) is 4.78. The average molecular weight is 296 g/mol. The summed E-state index contributed by atoms with van der Waals surface area (Å²) in [5, 5.41) is 3.60. The van der Waals surface area contributed by atoms with E-state index < -0.39 is 0 Å². The van der Waals surface area contributed by atoms with Gasteiger partial charge in [0.2, 0.25) is 5.91 Å². The van der Waals surface area contributed by atoms with Crippen molar-refractivity contribution in [2.75, 3.05) is 6.54 Å². The fourth-order valence-electron chi connectivity index (χ4n) is 2.17. The van der Waals surface area contributed by atoms with Crippen molar-refractivity contribution in [2.24, 2.45) is 5.92 Å². The first-order chi connectivity index (χ1) is 9.16. The lowest BCUT2D eigenvalue weighted by molar-refractivity contribution is -0.122. The van der Waals surface area contributed by atoms with Gasteiger partial charge in [0.05, 0.1) is 16.1 Å². The predicted octanol–water partition coefficient (Wildman–Crippen LogP) is 2.88. The van der Waals surface area contributed by atoms with Gasteiger partial charge in [-0.05, 0) is 37.2 Å². The minimum Gasteiger partial charge on any atom is -0.354 e. The summed E-state index contributed by atoms with van der Waals surface area (Å²) >= 11 is 11.5. The van der Waals surface area contributed by atoms with Crippen LogP contribution in [-0.4, -0.2) is 22.0 Å². The molecule has 0 bridgehead atoms. The van der Waals surface area contributed by atoms with E-state index in [4.69, 9.17) is 23.8 Å². The SMILES string of the molecule is O=C(NCCn1c(=S)[nH]c2cccc(Cl)c21)C1CC1. The van der Waals surface area contributed by atoms with Gasteiger partial charge in [-0.2, -0.15) is 0 Å². The molecule has 1 amide bonds. The number of aromatic amines is 1. The summed E-state index contributed by atoms with van der Waals surface area (Å²) in [4.78, 5) is 14.7. The number of rotatable bonds is 4. The summed E-state index contributed by atoms with van der Waals surface area (Å²) in [6.07, 6.45) is 2.04. The van der Waals surface area contributed by atoms with Crippen molar-refractivity contribution in [2.45, 2.75) is 19.4 Å². The highest BCUT2D eigenvalue weighted by Crippen LogP contribution is 2.28. The lowest BCUT2D eigenvalue weighted by Crippen LogP contribution is -2.28. The number of halogens is 1. The van der Waals surface area contributed by atoms with E-state index in [-0.39, 0.29) is 11.8 Å². The summed E-state index contributed by atoms with van der Waals surface area (Å²) in [5.41, 5.74) is 1.82. The number of benzene rings is 1. The number of imidazole rings is 1. The third-order valence-electron chi connectivity index (χ3n) is 3.33. The normalized spacial score (nSPS) is 14.8. The van der Waals surface area contributed by atoms with Crippen molar-refractivity contribution >= 4 is 40.8 Å². The smallest absolute Gasteiger partial charge is 0.223 e. The van der Waals surface area contributed by atoms with E-state index in [0.717, 1.165) is 23.9 Å². The number of H-pyrrole nitrogens is 1. The number of nitrogens with one attached hydrogen (secondary N) is 2. The lowest BCUT2D eigenvalue weighted by atomic mass is 10.3. The number of carbonyl (C=O) groups is 1. The number of amides is 1. The monoisotopic (exact) mass is 295 g/mol. The molecule has 0 radical (unpaired) electrons. The fraction of sp³-hybridized carbons (Fsp3) is 0.385. The maximum absolute atomic E-state index is 11.6. The van der Waals surface area contributed by atoms with Crippen LogP contribution < -0.4 is 5.32 Å². The molecule has 0 spiro atoms. The quantitative estimate of drug-likeness (QED) is 0.852. The number of carbonyl (C=O) groups excluding carboxylic acids is 1. The van der Waals surface area contributed by atoms with E-state index in [9.17, 15) is 4.79 Å². The number of para-hydroxylation sites is 1. The van der Waals surface area contributed by atoms with Crippen LogP contribution >= 0.6 is 23.8 Å². The van der Waals surface area contributed by atoms with Gasteiger partial charge in [0, 0.05) is 19.0 Å². The lowest BCUT2D eigenvalue weighted by Gasteiger charge is -2.07. The van der Waals surface area contributed by atoms with Crippen LogP contribution in [0, 0.1) is 10.7 Å². The zero-order valence-corrected chi connectivity index (χ0v) is 11.9. The second kappa shape index (κ2) is 4.98. The predicted molar refractivity (Wildman–Crippen MR) is 77.9 cm³/mol. The first kappa shape index (κ1) is 12.7. The van der Waals surface area contributed by atoms with Crippen LogP contribution in [0.2, 0.25) is 5.02 Å². The molecule has 0 saturated heterocycles. The van der Waals surface area contributed by atoms with Gasteiger partial charge in [0.1, 0.15) is 0 Å². The summed E-state index contributed by atoms with van der Waals surface area (Å²) in [7, 11) is 0. The van der Waals surface area contributed by atoms with Crippen LogP contribution in [0.1, 0.15) is 12.8 Å². The Kier molecular flexibility index (Phi) is 3.33. The molecular formula is C13H14ClN3OS. The molecule has 1 aliphatic rings. The standard InChI is InChI=1S/C13H14ClN3OS/c14-9-2-1-3-10-11(9)17(13(19)16-10)7-6-15-12(18)8-4-5-8/h1-3,8H,4-7H2,(H,15,18)(H,16,19). The first-order valence-electron chi connectivity index (χ1n) is 6.31. The van der Waals surface area contributed by atoms with Gasteiger partial charge in [0.15, 0.2) is 4.77 Å². The molecule has 1 fully saturated rings. The molecule has 0 atom stereocenters. The molecule has 1 aliphatic carbocycles. The van der Waals surface area contributed by atoms with Gasteiger partial charge in [-0.25, -0.2) is 0 Å². The molecule has 4 nitrogen and oxygen atoms in total. The third-order valence-corrected chi connectivity index (χ3v) is 3.95. The molecule has 1 aromatic carbocycles. The second-order valence-corrected chi connectivity index (χ2v) is 5.58. The zero-order chi connectivity index (χ0) is 13.4. The minimum absolute atomic E-state index is 0.150. The molecule has 100 valence electrons. The Morgan fingerprint density at radius 3 is 3.05 bits per heavy atom. The Hall–Kier alpha value is -1.33. The van der Waals surface area contributed by atoms with E-state index >= 15 is 0 Å². The minimum atomic E-state index is 0.150. The maximum Gasteiger partial charge on any atom is 0.223 e. The molecule has 2 N–H and O–H groups in total. The first-order valence-corrected chi connectivity index (χ1v) is 7.10. The van der Waals surface area contributed by atoms with Gasteiger partial charge < -0.3 is 14.9 Å². The Labute approximate surface area is 120 Å². The van der Waals surface area contributed by atoms with Crippen LogP contribution in [0.3, 0.4) is 0 Å². The number of nitrogens with zero attached hydrogens (tertiary/aromatic N) is 1. The third kappa shape index (κ3) is 2.53. The maximum atomic E-state index is 11.6. The molecule has 1 heterocycles. The molecular weight excluding hydrogens is 282 g/mol. The Bertz CT molecular complexity index is 687. The Morgan fingerprint density at radius 2 is 2.32 bits per heavy atom. The number of fused-ring (bicyclic) bond motifs is 1. The van der Waals surface area contributed by atoms with Gasteiger partial charge in [-0.1, -0.05) is 17.7 Å². The van der Waals surface area contributed by atoms with Crippen LogP contribution in [0.25, 0.3) is 11.0 Å². The molecule has 0 aliphatic heterocycles. The molecule has 19 heavy (non-hydrogen) atoms. The summed E-state index contributed by atoms with van der Waals surface area (Å²) in [6, 6.07) is 5.66. The molecule has 1 aromatic heterocycles. The van der Waals surface area contributed by atoms with Crippen LogP contribution in [-0.2, 0) is 11.3 Å². The van der Waals surface area contributed by atoms with Gasteiger partial charge >= 0.3 is 0 Å². The molecule has 2 aromatic rings. The van der Waals surface area contributed by atoms with Crippen molar-refractivity contribution in [3.05, 3.63) is 28.0 Å². The highest BCUT2D eigenvalue weighted by molar-refractivity contribution is 7.71. The van der Waals surface area contributed by atoms with E-state index in [1.165, 1.54) is 0 Å². The van der Waals surface area contributed by atoms with Crippen molar-refractivity contribution in [3.8, 4) is 0 Å². The summed E-state index contributed by atoms with van der Waals surface area (Å²) < 4.78 is 2.56. The molecule has 3 rings (SSSR count). The van der Waals surface area contributed by atoms with Crippen molar-refractivity contribution in [3.63, 3.8) is 0 Å². The van der Waals surface area contributed by atoms with E-state index in [0.29, 0.717) is 22.9 Å². The molecule has 6 heteroatoms. The van der Waals surface area contributed by atoms with E-state index in [2.05, 4.69) is 10.3 Å². The highest BCUT2D eigenvalue weighted by Gasteiger charge is 2.29. The van der Waals surface area contributed by atoms with Gasteiger partial charge in [-0.3, -0.25) is 4.79 Å². The molecule has 0 unspecified atom stereocenters. The van der Waals surface area contributed by atoms with E-state index in [1.54, 1.807) is 0 Å². The zero-order valence-electron chi connectivity index (χ0n) is 10.3. The van der Waals surface area contributed by atoms with Gasteiger partial charge in [0.25, 0.3) is 0 Å². The topological polar surface area (TPSA) is 49.8 Å². The van der Waals surface area contributed by atoms with Crippen LogP contribution in [0.4, 0.5) is 0 Å². The molecule has 1 saturated carbocycles. The number of hydrogen-bond donors (Lipinski definition) is 2. The average Bonchev–Trinajstić information content (AvgIpc) is 3.16. The largest absolute Gasteiger partial charge is 0.354 e. The highest BCUT2D eigenvalue weighted by atomic mass is 35.5. The van der Waals surface area contributed by atoms with Crippen molar-refractivity contribution in [1.29, 1.82) is 0 Å². The Morgan fingerprint density at radius 1 is 1.53 bits per heavy atom. The number of hydrogen-bond acceptors (Lipinski definition) is 2. The summed E-state index contributed by atoms with van der Waals surface area (Å²) in [6.45, 7) is 1.20. The fourth-order valence-corrected chi connectivity index (χ4v) is 2.74. The van der Waals surface area contributed by atoms with Crippen molar-refractivity contribution in [1.82, 2.24) is 14.9 Å². The van der Waals surface area contributed by atoms with Crippen LogP contribution in [0.15, 0.2) is 18.2 Å².